The first-order chi connectivity index (χ1) is 17.4. The van der Waals surface area contributed by atoms with Crippen molar-refractivity contribution in [2.75, 3.05) is 42.9 Å². The second kappa shape index (κ2) is 10.3. The van der Waals surface area contributed by atoms with Gasteiger partial charge in [-0.2, -0.15) is 0 Å². The SMILES string of the molecule is C[C@H]1CCCC[C@]12NC(=O)N(CC(=O)Nc1ccc(N3CCN(Cc4ccccc4)CC3)cc1)C2=O. The van der Waals surface area contributed by atoms with Gasteiger partial charge >= 0.3 is 6.03 Å². The maximum Gasteiger partial charge on any atom is 0.325 e. The Morgan fingerprint density at radius 2 is 1.72 bits per heavy atom. The van der Waals surface area contributed by atoms with E-state index in [0.29, 0.717) is 12.1 Å². The molecule has 1 spiro atoms. The monoisotopic (exact) mass is 489 g/mol. The quantitative estimate of drug-likeness (QED) is 0.608. The van der Waals surface area contributed by atoms with Crippen LogP contribution in [0.2, 0.25) is 0 Å². The van der Waals surface area contributed by atoms with Crippen molar-refractivity contribution in [1.82, 2.24) is 15.1 Å². The molecule has 3 aliphatic rings. The van der Waals surface area contributed by atoms with Crippen LogP contribution >= 0.6 is 0 Å². The van der Waals surface area contributed by atoms with Gasteiger partial charge in [-0.15, -0.1) is 0 Å². The molecule has 8 heteroatoms. The number of carbonyl (C=O) groups excluding carboxylic acids is 3. The van der Waals surface area contributed by atoms with E-state index in [2.05, 4.69) is 44.7 Å². The molecule has 2 saturated heterocycles. The Morgan fingerprint density at radius 3 is 2.42 bits per heavy atom. The number of urea groups is 1. The van der Waals surface area contributed by atoms with Gasteiger partial charge in [-0.1, -0.05) is 50.1 Å². The fraction of sp³-hybridized carbons (Fsp3) is 0.464. The lowest BCUT2D eigenvalue weighted by Gasteiger charge is -2.36. The number of benzene rings is 2. The van der Waals surface area contributed by atoms with Crippen LogP contribution in [0.4, 0.5) is 16.2 Å². The molecule has 36 heavy (non-hydrogen) atoms. The van der Waals surface area contributed by atoms with Crippen molar-refractivity contribution in [3.63, 3.8) is 0 Å². The molecule has 0 radical (unpaired) electrons. The Bertz CT molecular complexity index is 1100. The second-order valence-electron chi connectivity index (χ2n) is 10.3. The molecule has 0 bridgehead atoms. The van der Waals surface area contributed by atoms with Crippen molar-refractivity contribution in [2.45, 2.75) is 44.7 Å². The van der Waals surface area contributed by atoms with Crippen molar-refractivity contribution in [2.24, 2.45) is 5.92 Å². The maximum absolute atomic E-state index is 13.1. The lowest BCUT2D eigenvalue weighted by molar-refractivity contribution is -0.136. The van der Waals surface area contributed by atoms with E-state index in [-0.39, 0.29) is 24.3 Å². The molecule has 190 valence electrons. The summed E-state index contributed by atoms with van der Waals surface area (Å²) in [5, 5.41) is 5.73. The summed E-state index contributed by atoms with van der Waals surface area (Å²) in [5.74, 6) is -0.568. The van der Waals surface area contributed by atoms with Crippen molar-refractivity contribution in [3.05, 3.63) is 60.2 Å². The lowest BCUT2D eigenvalue weighted by Crippen LogP contribution is -2.54. The van der Waals surface area contributed by atoms with Crippen LogP contribution in [-0.2, 0) is 16.1 Å². The number of carbonyl (C=O) groups is 3. The molecule has 2 aromatic rings. The molecular weight excluding hydrogens is 454 g/mol. The van der Waals surface area contributed by atoms with Crippen molar-refractivity contribution < 1.29 is 14.4 Å². The predicted octanol–water partition coefficient (Wildman–Crippen LogP) is 3.45. The largest absolute Gasteiger partial charge is 0.369 e. The van der Waals surface area contributed by atoms with Crippen LogP contribution in [0.15, 0.2) is 54.6 Å². The third-order valence-corrected chi connectivity index (χ3v) is 7.94. The highest BCUT2D eigenvalue weighted by atomic mass is 16.2. The highest BCUT2D eigenvalue weighted by molar-refractivity contribution is 6.10. The van der Waals surface area contributed by atoms with Gasteiger partial charge in [0.15, 0.2) is 0 Å². The van der Waals surface area contributed by atoms with Crippen molar-refractivity contribution >= 4 is 29.2 Å². The number of piperazine rings is 1. The molecule has 2 N–H and O–H groups in total. The third kappa shape index (κ3) is 4.95. The molecule has 4 amide bonds. The number of nitrogens with zero attached hydrogens (tertiary/aromatic N) is 3. The number of imide groups is 1. The molecule has 3 fully saturated rings. The summed E-state index contributed by atoms with van der Waals surface area (Å²) in [4.78, 5) is 44.2. The van der Waals surface area contributed by atoms with E-state index in [4.69, 9.17) is 0 Å². The number of nitrogens with one attached hydrogen (secondary N) is 2. The van der Waals surface area contributed by atoms with Gasteiger partial charge in [0.1, 0.15) is 12.1 Å². The molecule has 2 atom stereocenters. The van der Waals surface area contributed by atoms with E-state index in [1.54, 1.807) is 0 Å². The van der Waals surface area contributed by atoms with Crippen LogP contribution in [0.25, 0.3) is 0 Å². The van der Waals surface area contributed by atoms with Gasteiger partial charge in [-0.3, -0.25) is 19.4 Å². The van der Waals surface area contributed by atoms with Crippen LogP contribution < -0.4 is 15.5 Å². The van der Waals surface area contributed by atoms with Gasteiger partial charge in [0.2, 0.25) is 5.91 Å². The predicted molar refractivity (Wildman–Crippen MR) is 140 cm³/mol. The molecule has 2 aromatic carbocycles. The number of rotatable bonds is 6. The molecular formula is C28H35N5O3. The van der Waals surface area contributed by atoms with Gasteiger partial charge in [0.25, 0.3) is 5.91 Å². The minimum absolute atomic E-state index is 0.0727. The number of amides is 4. The number of anilines is 2. The average molecular weight is 490 g/mol. The smallest absolute Gasteiger partial charge is 0.325 e. The minimum Gasteiger partial charge on any atom is -0.369 e. The van der Waals surface area contributed by atoms with Gasteiger partial charge in [-0.05, 0) is 48.6 Å². The topological polar surface area (TPSA) is 85.0 Å². The van der Waals surface area contributed by atoms with Crippen LogP contribution in [0.1, 0.15) is 38.2 Å². The summed E-state index contributed by atoms with van der Waals surface area (Å²) in [5.41, 5.74) is 2.26. The molecule has 0 aromatic heterocycles. The lowest BCUT2D eigenvalue weighted by atomic mass is 9.73. The van der Waals surface area contributed by atoms with Crippen LogP contribution in [0.5, 0.6) is 0 Å². The molecule has 1 aliphatic carbocycles. The Morgan fingerprint density at radius 1 is 1.00 bits per heavy atom. The van der Waals surface area contributed by atoms with E-state index in [9.17, 15) is 14.4 Å². The molecule has 2 aliphatic heterocycles. The molecule has 2 heterocycles. The van der Waals surface area contributed by atoms with Gasteiger partial charge in [0, 0.05) is 44.1 Å². The van der Waals surface area contributed by atoms with Crippen LogP contribution in [0.3, 0.4) is 0 Å². The zero-order chi connectivity index (χ0) is 25.1. The normalized spacial score (nSPS) is 24.8. The van der Waals surface area contributed by atoms with Gasteiger partial charge in [-0.25, -0.2) is 4.79 Å². The summed E-state index contributed by atoms with van der Waals surface area (Å²) < 4.78 is 0. The Kier molecular flexibility index (Phi) is 6.96. The van der Waals surface area contributed by atoms with Gasteiger partial charge in [0.05, 0.1) is 0 Å². The zero-order valence-electron chi connectivity index (χ0n) is 20.9. The molecule has 5 rings (SSSR count). The van der Waals surface area contributed by atoms with Crippen LogP contribution in [0, 0.1) is 5.92 Å². The highest BCUT2D eigenvalue weighted by Gasteiger charge is 2.55. The van der Waals surface area contributed by atoms with Crippen molar-refractivity contribution in [3.8, 4) is 0 Å². The zero-order valence-corrected chi connectivity index (χ0v) is 20.9. The fourth-order valence-corrected chi connectivity index (χ4v) is 5.74. The van der Waals surface area contributed by atoms with Gasteiger partial charge < -0.3 is 15.5 Å². The minimum atomic E-state index is -0.845. The Labute approximate surface area is 212 Å². The third-order valence-electron chi connectivity index (χ3n) is 7.94. The van der Waals surface area contributed by atoms with E-state index in [1.165, 1.54) is 5.56 Å². The molecule has 8 nitrogen and oxygen atoms in total. The first kappa shape index (κ1) is 24.3. The molecule has 0 unspecified atom stereocenters. The maximum atomic E-state index is 13.1. The Balaban J connectivity index is 1.12. The number of hydrogen-bond donors (Lipinski definition) is 2. The summed E-state index contributed by atoms with van der Waals surface area (Å²) in [6.07, 6.45) is 3.51. The number of hydrogen-bond acceptors (Lipinski definition) is 5. The van der Waals surface area contributed by atoms with E-state index >= 15 is 0 Å². The Hall–Kier alpha value is -3.39. The first-order valence-electron chi connectivity index (χ1n) is 13.0. The second-order valence-corrected chi connectivity index (χ2v) is 10.3. The highest BCUT2D eigenvalue weighted by Crippen LogP contribution is 2.38. The fourth-order valence-electron chi connectivity index (χ4n) is 5.74. The van der Waals surface area contributed by atoms with E-state index in [0.717, 1.165) is 62.6 Å². The van der Waals surface area contributed by atoms with E-state index in [1.807, 2.05) is 37.3 Å². The summed E-state index contributed by atoms with van der Waals surface area (Å²) >= 11 is 0. The first-order valence-corrected chi connectivity index (χ1v) is 13.0. The molecule has 1 saturated carbocycles. The summed E-state index contributed by atoms with van der Waals surface area (Å²) in [7, 11) is 0. The standard InChI is InChI=1S/C28H35N5O3/c1-21-7-5-6-14-28(21)26(35)33(27(36)30-28)20-25(34)29-23-10-12-24(13-11-23)32-17-15-31(16-18-32)19-22-8-3-2-4-9-22/h2-4,8-13,21H,5-7,14-20H2,1H3,(H,29,34)(H,30,36)/t21-,28-/m0/s1. The summed E-state index contributed by atoms with van der Waals surface area (Å²) in [6, 6.07) is 17.8. The van der Waals surface area contributed by atoms with Crippen molar-refractivity contribution in [1.29, 1.82) is 0 Å². The average Bonchev–Trinajstić information content (AvgIpc) is 3.12. The van der Waals surface area contributed by atoms with Crippen LogP contribution in [-0.4, -0.2) is 65.9 Å². The summed E-state index contributed by atoms with van der Waals surface area (Å²) in [6.45, 7) is 6.60. The van der Waals surface area contributed by atoms with E-state index < -0.39 is 11.6 Å².